The van der Waals surface area contributed by atoms with Gasteiger partial charge in [0.15, 0.2) is 11.0 Å². The average Bonchev–Trinajstić information content (AvgIpc) is 3.39. The first-order valence-corrected chi connectivity index (χ1v) is 12.0. The Bertz CT molecular complexity index is 816. The fourth-order valence-electron chi connectivity index (χ4n) is 4.01. The molecule has 0 bridgehead atoms. The van der Waals surface area contributed by atoms with E-state index in [1.165, 1.54) is 11.1 Å². The van der Waals surface area contributed by atoms with Crippen molar-refractivity contribution in [3.05, 3.63) is 35.2 Å². The number of ether oxygens (including phenoxy) is 2. The Balaban J connectivity index is 1.40. The van der Waals surface area contributed by atoms with Crippen LogP contribution in [0, 0.1) is 13.8 Å². The van der Waals surface area contributed by atoms with Crippen LogP contribution in [-0.2, 0) is 22.6 Å². The lowest BCUT2D eigenvalue weighted by Crippen LogP contribution is -2.37. The zero-order valence-corrected chi connectivity index (χ0v) is 18.9. The molecule has 4 rings (SSSR count). The molecule has 2 saturated heterocycles. The summed E-state index contributed by atoms with van der Waals surface area (Å²) >= 11 is 1.80. The van der Waals surface area contributed by atoms with E-state index in [0.717, 1.165) is 81.3 Å². The number of aryl methyl sites for hydroxylation is 2. The highest BCUT2D eigenvalue weighted by Gasteiger charge is 2.21. The van der Waals surface area contributed by atoms with Gasteiger partial charge in [-0.2, -0.15) is 0 Å². The van der Waals surface area contributed by atoms with Crippen LogP contribution in [-0.4, -0.2) is 71.0 Å². The minimum absolute atomic E-state index is 0.263. The molecule has 0 unspecified atom stereocenters. The Morgan fingerprint density at radius 3 is 2.80 bits per heavy atom. The van der Waals surface area contributed by atoms with Gasteiger partial charge in [-0.15, -0.1) is 10.2 Å². The van der Waals surface area contributed by atoms with Crippen LogP contribution in [0.1, 0.15) is 29.8 Å². The Morgan fingerprint density at radius 2 is 2.03 bits per heavy atom. The molecule has 2 aromatic rings. The van der Waals surface area contributed by atoms with E-state index in [9.17, 15) is 0 Å². The van der Waals surface area contributed by atoms with Gasteiger partial charge in [0.05, 0.1) is 32.4 Å². The van der Waals surface area contributed by atoms with E-state index in [1.54, 1.807) is 11.8 Å². The van der Waals surface area contributed by atoms with Crippen molar-refractivity contribution >= 4 is 17.4 Å². The summed E-state index contributed by atoms with van der Waals surface area (Å²) < 4.78 is 13.6. The highest BCUT2D eigenvalue weighted by molar-refractivity contribution is 7.99. The average molecular weight is 432 g/mol. The van der Waals surface area contributed by atoms with Crippen molar-refractivity contribution in [2.75, 3.05) is 50.5 Å². The molecule has 1 aromatic heterocycles. The molecule has 7 nitrogen and oxygen atoms in total. The molecule has 0 saturated carbocycles. The zero-order valence-electron chi connectivity index (χ0n) is 18.1. The first kappa shape index (κ1) is 21.6. The van der Waals surface area contributed by atoms with Gasteiger partial charge in [-0.1, -0.05) is 29.5 Å². The first-order valence-electron chi connectivity index (χ1n) is 11.0. The third kappa shape index (κ3) is 5.75. The maximum Gasteiger partial charge on any atom is 0.191 e. The smallest absolute Gasteiger partial charge is 0.191 e. The van der Waals surface area contributed by atoms with E-state index >= 15 is 0 Å². The maximum atomic E-state index is 5.90. The summed E-state index contributed by atoms with van der Waals surface area (Å²) in [5, 5.41) is 13.6. The second-order valence-electron chi connectivity index (χ2n) is 8.12. The summed E-state index contributed by atoms with van der Waals surface area (Å²) in [7, 11) is 0. The largest absolute Gasteiger partial charge is 0.379 e. The lowest BCUT2D eigenvalue weighted by molar-refractivity contribution is 0.0410. The van der Waals surface area contributed by atoms with Crippen LogP contribution < -0.4 is 5.32 Å². The Morgan fingerprint density at radius 1 is 1.17 bits per heavy atom. The quantitative estimate of drug-likeness (QED) is 0.612. The van der Waals surface area contributed by atoms with Crippen LogP contribution in [0.25, 0.3) is 0 Å². The lowest BCUT2D eigenvalue weighted by Gasteiger charge is -2.26. The van der Waals surface area contributed by atoms with Gasteiger partial charge in [0.25, 0.3) is 0 Å². The number of anilines is 1. The standard InChI is InChI=1S/C22H33N5O2S/c1-17-5-6-20(18(2)14-17)23-15-21-24-25-22(27(21)16-19-4-3-10-29-19)30-13-9-26-7-11-28-12-8-26/h5-6,14,19,23H,3-4,7-13,15-16H2,1-2H3/t19-/m0/s1. The summed E-state index contributed by atoms with van der Waals surface area (Å²) in [6, 6.07) is 6.48. The molecular formula is C22H33N5O2S. The fourth-order valence-corrected chi connectivity index (χ4v) is 4.98. The number of aromatic nitrogens is 3. The Kier molecular flexibility index (Phi) is 7.65. The molecule has 1 aromatic carbocycles. The summed E-state index contributed by atoms with van der Waals surface area (Å²) in [6.45, 7) is 11.4. The van der Waals surface area contributed by atoms with Gasteiger partial charge in [0.1, 0.15) is 0 Å². The van der Waals surface area contributed by atoms with E-state index in [1.807, 2.05) is 0 Å². The summed E-state index contributed by atoms with van der Waals surface area (Å²) in [5.41, 5.74) is 3.67. The number of nitrogens with one attached hydrogen (secondary N) is 1. The van der Waals surface area contributed by atoms with Crippen LogP contribution in [0.2, 0.25) is 0 Å². The van der Waals surface area contributed by atoms with Gasteiger partial charge in [-0.05, 0) is 38.3 Å². The number of benzene rings is 1. The van der Waals surface area contributed by atoms with Crippen molar-refractivity contribution in [1.82, 2.24) is 19.7 Å². The van der Waals surface area contributed by atoms with Crippen molar-refractivity contribution in [2.24, 2.45) is 0 Å². The van der Waals surface area contributed by atoms with Crippen LogP contribution in [0.3, 0.4) is 0 Å². The second-order valence-corrected chi connectivity index (χ2v) is 9.18. The number of nitrogens with zero attached hydrogens (tertiary/aromatic N) is 4. The van der Waals surface area contributed by atoms with Crippen molar-refractivity contribution in [3.63, 3.8) is 0 Å². The van der Waals surface area contributed by atoms with Crippen molar-refractivity contribution in [2.45, 2.75) is 51.0 Å². The fraction of sp³-hybridized carbons (Fsp3) is 0.636. The minimum Gasteiger partial charge on any atom is -0.379 e. The molecule has 0 amide bonds. The third-order valence-electron chi connectivity index (χ3n) is 5.76. The molecule has 3 heterocycles. The molecule has 1 atom stereocenters. The van der Waals surface area contributed by atoms with E-state index in [2.05, 4.69) is 57.0 Å². The summed E-state index contributed by atoms with van der Waals surface area (Å²) in [5.74, 6) is 1.98. The molecule has 8 heteroatoms. The molecule has 164 valence electrons. The Labute approximate surface area is 183 Å². The molecule has 1 N–H and O–H groups in total. The van der Waals surface area contributed by atoms with Gasteiger partial charge < -0.3 is 19.4 Å². The molecule has 0 spiro atoms. The zero-order chi connectivity index (χ0) is 20.8. The minimum atomic E-state index is 0.263. The molecule has 2 aliphatic rings. The van der Waals surface area contributed by atoms with Crippen LogP contribution in [0.5, 0.6) is 0 Å². The van der Waals surface area contributed by atoms with Gasteiger partial charge in [0.2, 0.25) is 0 Å². The van der Waals surface area contributed by atoms with Crippen LogP contribution in [0.15, 0.2) is 23.4 Å². The van der Waals surface area contributed by atoms with Crippen molar-refractivity contribution < 1.29 is 9.47 Å². The number of hydrogen-bond donors (Lipinski definition) is 1. The number of hydrogen-bond acceptors (Lipinski definition) is 7. The molecule has 2 aliphatic heterocycles. The topological polar surface area (TPSA) is 64.4 Å². The number of morpholine rings is 1. The summed E-state index contributed by atoms with van der Waals surface area (Å²) in [4.78, 5) is 2.46. The molecular weight excluding hydrogens is 398 g/mol. The van der Waals surface area contributed by atoms with E-state index < -0.39 is 0 Å². The molecule has 30 heavy (non-hydrogen) atoms. The molecule has 2 fully saturated rings. The van der Waals surface area contributed by atoms with Crippen molar-refractivity contribution in [3.8, 4) is 0 Å². The molecule has 0 aliphatic carbocycles. The second kappa shape index (κ2) is 10.6. The monoisotopic (exact) mass is 431 g/mol. The van der Waals surface area contributed by atoms with Gasteiger partial charge in [-0.25, -0.2) is 0 Å². The van der Waals surface area contributed by atoms with Crippen LogP contribution >= 0.6 is 11.8 Å². The lowest BCUT2D eigenvalue weighted by atomic mass is 10.1. The predicted octanol–water partition coefficient (Wildman–Crippen LogP) is 3.11. The highest BCUT2D eigenvalue weighted by atomic mass is 32.2. The SMILES string of the molecule is Cc1ccc(NCc2nnc(SCCN3CCOCC3)n2C[C@@H]2CCCO2)c(C)c1. The first-order chi connectivity index (χ1) is 14.7. The molecule has 0 radical (unpaired) electrons. The number of rotatable bonds is 9. The van der Waals surface area contributed by atoms with E-state index in [0.29, 0.717) is 6.54 Å². The third-order valence-corrected chi connectivity index (χ3v) is 6.71. The van der Waals surface area contributed by atoms with Crippen LogP contribution in [0.4, 0.5) is 5.69 Å². The van der Waals surface area contributed by atoms with E-state index in [4.69, 9.17) is 9.47 Å². The van der Waals surface area contributed by atoms with Gasteiger partial charge >= 0.3 is 0 Å². The summed E-state index contributed by atoms with van der Waals surface area (Å²) in [6.07, 6.45) is 2.52. The highest BCUT2D eigenvalue weighted by Crippen LogP contribution is 2.23. The van der Waals surface area contributed by atoms with E-state index in [-0.39, 0.29) is 6.10 Å². The van der Waals surface area contributed by atoms with Gasteiger partial charge in [0, 0.05) is 37.7 Å². The Hall–Kier alpha value is -1.61. The normalized spacial score (nSPS) is 20.0. The van der Waals surface area contributed by atoms with Crippen molar-refractivity contribution in [1.29, 1.82) is 0 Å². The maximum absolute atomic E-state index is 5.90. The van der Waals surface area contributed by atoms with Gasteiger partial charge in [-0.3, -0.25) is 4.90 Å². The number of thioether (sulfide) groups is 1. The predicted molar refractivity (Wildman–Crippen MR) is 120 cm³/mol.